The number of benzene rings is 8. The monoisotopic (exact) mass is 649 g/mol. The fourth-order valence-corrected chi connectivity index (χ4v) is 9.20. The zero-order valence-corrected chi connectivity index (χ0v) is 28.1. The van der Waals surface area contributed by atoms with E-state index in [0.29, 0.717) is 0 Å². The number of rotatable bonds is 6. The lowest BCUT2D eigenvalue weighted by molar-refractivity contribution is 0.768. The third-order valence-corrected chi connectivity index (χ3v) is 11.2. The van der Waals surface area contributed by atoms with E-state index in [1.54, 1.807) is 0 Å². The van der Waals surface area contributed by atoms with Gasteiger partial charge >= 0.3 is 0 Å². The molecule has 0 saturated heterocycles. The van der Waals surface area contributed by atoms with Crippen LogP contribution in [-0.4, -0.2) is 0 Å². The highest BCUT2D eigenvalue weighted by Crippen LogP contribution is 2.58. The molecule has 0 amide bonds. The zero-order chi connectivity index (χ0) is 33.8. The van der Waals surface area contributed by atoms with Gasteiger partial charge in [0, 0.05) is 11.4 Å². The normalized spacial score (nSPS) is 14.2. The molecule has 0 unspecified atom stereocenters. The molecule has 8 aromatic carbocycles. The van der Waals surface area contributed by atoms with E-state index < -0.39 is 10.8 Å². The number of hydrogen-bond donors (Lipinski definition) is 1. The first-order chi connectivity index (χ1) is 25.3. The summed E-state index contributed by atoms with van der Waals surface area (Å²) < 4.78 is 0. The molecular weight excluding hydrogens is 615 g/mol. The summed E-state index contributed by atoms with van der Waals surface area (Å²) in [5.41, 5.74) is 16.8. The molecule has 0 radical (unpaired) electrons. The number of fused-ring (bicyclic) bond motifs is 6. The summed E-state index contributed by atoms with van der Waals surface area (Å²) in [6.45, 7) is 0. The Morgan fingerprint density at radius 2 is 0.588 bits per heavy atom. The van der Waals surface area contributed by atoms with Gasteiger partial charge in [0.15, 0.2) is 0 Å². The van der Waals surface area contributed by atoms with Gasteiger partial charge in [0.2, 0.25) is 0 Å². The lowest BCUT2D eigenvalue weighted by Crippen LogP contribution is -2.28. The molecular formula is C50H35N. The molecule has 2 aliphatic rings. The Labute approximate surface area is 299 Å². The van der Waals surface area contributed by atoms with Crippen molar-refractivity contribution < 1.29 is 0 Å². The van der Waals surface area contributed by atoms with Crippen LogP contribution in [0.5, 0.6) is 0 Å². The van der Waals surface area contributed by atoms with Gasteiger partial charge in [0.05, 0.1) is 10.8 Å². The quantitative estimate of drug-likeness (QED) is 0.189. The summed E-state index contributed by atoms with van der Waals surface area (Å²) in [6.07, 6.45) is 0. The van der Waals surface area contributed by atoms with Crippen LogP contribution in [0.2, 0.25) is 0 Å². The summed E-state index contributed by atoms with van der Waals surface area (Å²) >= 11 is 0. The lowest BCUT2D eigenvalue weighted by Gasteiger charge is -2.34. The Kier molecular flexibility index (Phi) is 6.69. The molecule has 240 valence electrons. The van der Waals surface area contributed by atoms with Crippen molar-refractivity contribution in [2.24, 2.45) is 0 Å². The van der Waals surface area contributed by atoms with Crippen molar-refractivity contribution in [1.29, 1.82) is 0 Å². The van der Waals surface area contributed by atoms with Gasteiger partial charge in [-0.2, -0.15) is 0 Å². The maximum Gasteiger partial charge on any atom is 0.0714 e. The highest BCUT2D eigenvalue weighted by molar-refractivity contribution is 5.89. The van der Waals surface area contributed by atoms with Crippen molar-refractivity contribution in [3.63, 3.8) is 0 Å². The van der Waals surface area contributed by atoms with E-state index in [2.05, 4.69) is 212 Å². The van der Waals surface area contributed by atoms with Crippen molar-refractivity contribution in [3.05, 3.63) is 251 Å². The molecule has 0 spiro atoms. The van der Waals surface area contributed by atoms with Gasteiger partial charge in [-0.15, -0.1) is 0 Å². The molecule has 8 aromatic rings. The average Bonchev–Trinajstić information content (AvgIpc) is 3.68. The molecule has 10 rings (SSSR count). The molecule has 51 heavy (non-hydrogen) atoms. The third kappa shape index (κ3) is 4.22. The van der Waals surface area contributed by atoms with Crippen molar-refractivity contribution in [3.8, 4) is 22.3 Å². The van der Waals surface area contributed by atoms with Crippen LogP contribution in [0.1, 0.15) is 44.5 Å². The Morgan fingerprint density at radius 1 is 0.255 bits per heavy atom. The minimum absolute atomic E-state index is 0.405. The van der Waals surface area contributed by atoms with Crippen molar-refractivity contribution in [2.75, 3.05) is 5.32 Å². The smallest absolute Gasteiger partial charge is 0.0714 e. The molecule has 0 heterocycles. The van der Waals surface area contributed by atoms with Gasteiger partial charge in [0.1, 0.15) is 0 Å². The number of nitrogens with one attached hydrogen (secondary N) is 1. The van der Waals surface area contributed by atoms with E-state index in [4.69, 9.17) is 0 Å². The van der Waals surface area contributed by atoms with E-state index in [1.807, 2.05) is 0 Å². The van der Waals surface area contributed by atoms with Gasteiger partial charge in [-0.1, -0.05) is 182 Å². The van der Waals surface area contributed by atoms with Gasteiger partial charge < -0.3 is 5.32 Å². The van der Waals surface area contributed by atoms with Crippen LogP contribution in [0, 0.1) is 0 Å². The minimum atomic E-state index is -0.429. The van der Waals surface area contributed by atoms with Crippen LogP contribution in [-0.2, 0) is 10.8 Å². The summed E-state index contributed by atoms with van der Waals surface area (Å²) in [6, 6.07) is 75.7. The van der Waals surface area contributed by atoms with Crippen LogP contribution in [0.25, 0.3) is 22.3 Å². The molecule has 1 nitrogen and oxygen atoms in total. The molecule has 0 atom stereocenters. The van der Waals surface area contributed by atoms with E-state index in [1.165, 1.54) is 66.8 Å². The Hall–Kier alpha value is -6.44. The zero-order valence-electron chi connectivity index (χ0n) is 28.1. The molecule has 0 aromatic heterocycles. The lowest BCUT2D eigenvalue weighted by atomic mass is 9.67. The van der Waals surface area contributed by atoms with E-state index >= 15 is 0 Å². The van der Waals surface area contributed by atoms with Gasteiger partial charge in [-0.25, -0.2) is 0 Å². The number of hydrogen-bond acceptors (Lipinski definition) is 1. The summed E-state index contributed by atoms with van der Waals surface area (Å²) in [7, 11) is 0. The summed E-state index contributed by atoms with van der Waals surface area (Å²) in [5.74, 6) is 0. The molecule has 0 fully saturated rings. The van der Waals surface area contributed by atoms with Crippen LogP contribution >= 0.6 is 0 Å². The van der Waals surface area contributed by atoms with Gasteiger partial charge in [0.25, 0.3) is 0 Å². The largest absolute Gasteiger partial charge is 0.356 e. The topological polar surface area (TPSA) is 12.0 Å². The average molecular weight is 650 g/mol. The maximum atomic E-state index is 3.81. The molecule has 0 aliphatic heterocycles. The first kappa shape index (κ1) is 29.5. The van der Waals surface area contributed by atoms with E-state index in [-0.39, 0.29) is 0 Å². The van der Waals surface area contributed by atoms with Gasteiger partial charge in [-0.05, 0) is 91.0 Å². The predicted molar refractivity (Wildman–Crippen MR) is 211 cm³/mol. The van der Waals surface area contributed by atoms with Crippen molar-refractivity contribution >= 4 is 11.4 Å². The first-order valence-corrected chi connectivity index (χ1v) is 17.8. The molecule has 2 aliphatic carbocycles. The second kappa shape index (κ2) is 11.6. The molecule has 0 saturated carbocycles. The second-order valence-electron chi connectivity index (χ2n) is 13.7. The Balaban J connectivity index is 1.10. The van der Waals surface area contributed by atoms with E-state index in [9.17, 15) is 0 Å². The summed E-state index contributed by atoms with van der Waals surface area (Å²) in [5, 5.41) is 3.81. The SMILES string of the molecule is c1ccc(C2(c3ccc(Nc4ccc5c(c4)C(c4ccccc4)(c4ccccc4)c4ccccc4-5)cc3)c3ccccc3-c3ccccc32)cc1. The first-order valence-electron chi connectivity index (χ1n) is 17.8. The van der Waals surface area contributed by atoms with Crippen LogP contribution in [0.15, 0.2) is 206 Å². The Morgan fingerprint density at radius 3 is 1.04 bits per heavy atom. The van der Waals surface area contributed by atoms with Gasteiger partial charge in [-0.3, -0.25) is 0 Å². The standard InChI is InChI=1S/C50H35N/c1-4-16-35(17-5-1)49(45-25-13-10-22-41(45)42-23-11-14-26-46(42)49)38-28-30-39(31-29-38)51-40-32-33-44-43-24-12-15-27-47(43)50(48(44)34-40,36-18-6-2-7-19-36)37-20-8-3-9-21-37/h1-34,51H. The third-order valence-electron chi connectivity index (χ3n) is 11.2. The highest BCUT2D eigenvalue weighted by Gasteiger charge is 2.47. The van der Waals surface area contributed by atoms with Crippen molar-refractivity contribution in [2.45, 2.75) is 10.8 Å². The molecule has 1 N–H and O–H groups in total. The highest BCUT2D eigenvalue weighted by atomic mass is 14.9. The number of anilines is 2. The van der Waals surface area contributed by atoms with Crippen LogP contribution in [0.4, 0.5) is 11.4 Å². The van der Waals surface area contributed by atoms with Crippen LogP contribution in [0.3, 0.4) is 0 Å². The fraction of sp³-hybridized carbons (Fsp3) is 0.0400. The van der Waals surface area contributed by atoms with Crippen LogP contribution < -0.4 is 5.32 Å². The van der Waals surface area contributed by atoms with Crippen molar-refractivity contribution in [1.82, 2.24) is 0 Å². The second-order valence-corrected chi connectivity index (χ2v) is 13.7. The Bertz CT molecular complexity index is 2450. The summed E-state index contributed by atoms with van der Waals surface area (Å²) in [4.78, 5) is 0. The van der Waals surface area contributed by atoms with E-state index in [0.717, 1.165) is 11.4 Å². The molecule has 1 heteroatoms. The predicted octanol–water partition coefficient (Wildman–Crippen LogP) is 12.2. The fourth-order valence-electron chi connectivity index (χ4n) is 9.20. The molecule has 0 bridgehead atoms. The minimum Gasteiger partial charge on any atom is -0.356 e. The maximum absolute atomic E-state index is 3.81.